The van der Waals surface area contributed by atoms with Gasteiger partial charge in [0.1, 0.15) is 11.6 Å². The predicted molar refractivity (Wildman–Crippen MR) is 136 cm³/mol. The monoisotopic (exact) mass is 484 g/mol. The lowest BCUT2D eigenvalue weighted by Crippen LogP contribution is -2.59. The molecule has 1 amide bonds. The molecule has 6 nitrogen and oxygen atoms in total. The van der Waals surface area contributed by atoms with E-state index in [1.807, 2.05) is 29.2 Å². The first-order chi connectivity index (χ1) is 16.3. The smallest absolute Gasteiger partial charge is 0.241 e. The Kier molecular flexibility index (Phi) is 7.38. The Balaban J connectivity index is 1.45. The minimum absolute atomic E-state index is 0.130. The Bertz CT molecular complexity index is 1000. The van der Waals surface area contributed by atoms with Gasteiger partial charge in [-0.05, 0) is 66.5 Å². The summed E-state index contributed by atoms with van der Waals surface area (Å²) in [6.45, 7) is 6.20. The standard InChI is InChI=1S/C26H33FN4O2S/c1-18(2)16-23-24(32)31(17-19-4-6-20(27)7-5-19)26(29-23)12-14-30(15-13-26)25(34)28-21-8-10-22(33-3)11-9-21/h4-11,18,23,29H,12-17H2,1-3H3,(H,28,34). The highest BCUT2D eigenvalue weighted by molar-refractivity contribution is 7.80. The van der Waals surface area contributed by atoms with Crippen molar-refractivity contribution < 1.29 is 13.9 Å². The second-order valence-corrected chi connectivity index (χ2v) is 9.94. The average Bonchev–Trinajstić information content (AvgIpc) is 3.06. The van der Waals surface area contributed by atoms with Crippen molar-refractivity contribution >= 4 is 28.9 Å². The summed E-state index contributed by atoms with van der Waals surface area (Å²) in [6.07, 6.45) is 2.32. The van der Waals surface area contributed by atoms with Crippen LogP contribution in [0.3, 0.4) is 0 Å². The maximum absolute atomic E-state index is 13.4. The molecule has 1 atom stereocenters. The fourth-order valence-corrected chi connectivity index (χ4v) is 5.17. The highest BCUT2D eigenvalue weighted by Crippen LogP contribution is 2.35. The lowest BCUT2D eigenvalue weighted by molar-refractivity contribution is -0.134. The van der Waals surface area contributed by atoms with Crippen molar-refractivity contribution in [1.82, 2.24) is 15.1 Å². The molecular formula is C26H33FN4O2S. The lowest BCUT2D eigenvalue weighted by Gasteiger charge is -2.45. The van der Waals surface area contributed by atoms with Gasteiger partial charge in [-0.2, -0.15) is 0 Å². The Labute approximate surface area is 206 Å². The van der Waals surface area contributed by atoms with Gasteiger partial charge in [0, 0.05) is 38.2 Å². The van der Waals surface area contributed by atoms with E-state index in [0.717, 1.165) is 49.4 Å². The molecule has 2 aromatic carbocycles. The van der Waals surface area contributed by atoms with Crippen LogP contribution >= 0.6 is 12.2 Å². The number of carbonyl (C=O) groups is 1. The SMILES string of the molecule is COc1ccc(NC(=S)N2CCC3(CC2)NC(CC(C)C)C(=O)N3Cc2ccc(F)cc2)cc1. The van der Waals surface area contributed by atoms with Crippen LogP contribution in [0.5, 0.6) is 5.75 Å². The maximum Gasteiger partial charge on any atom is 0.241 e. The van der Waals surface area contributed by atoms with Crippen molar-refractivity contribution in [3.8, 4) is 5.75 Å². The second-order valence-electron chi connectivity index (χ2n) is 9.55. The zero-order chi connectivity index (χ0) is 24.3. The van der Waals surface area contributed by atoms with Crippen LogP contribution in [0.4, 0.5) is 10.1 Å². The predicted octanol–water partition coefficient (Wildman–Crippen LogP) is 4.37. The zero-order valence-electron chi connectivity index (χ0n) is 20.0. The third-order valence-electron chi connectivity index (χ3n) is 6.70. The number of rotatable bonds is 6. The molecule has 2 aliphatic heterocycles. The van der Waals surface area contributed by atoms with Crippen LogP contribution in [0, 0.1) is 11.7 Å². The van der Waals surface area contributed by atoms with Crippen LogP contribution in [0.2, 0.25) is 0 Å². The van der Waals surface area contributed by atoms with E-state index in [1.54, 1.807) is 19.2 Å². The van der Waals surface area contributed by atoms with Crippen molar-refractivity contribution in [2.75, 3.05) is 25.5 Å². The summed E-state index contributed by atoms with van der Waals surface area (Å²) < 4.78 is 18.6. The van der Waals surface area contributed by atoms with E-state index in [4.69, 9.17) is 17.0 Å². The van der Waals surface area contributed by atoms with Gasteiger partial charge in [-0.25, -0.2) is 4.39 Å². The van der Waals surface area contributed by atoms with Crippen LogP contribution < -0.4 is 15.4 Å². The molecule has 34 heavy (non-hydrogen) atoms. The lowest BCUT2D eigenvalue weighted by atomic mass is 9.95. The number of thiocarbonyl (C=S) groups is 1. The number of piperidine rings is 1. The van der Waals surface area contributed by atoms with Crippen LogP contribution in [0.1, 0.15) is 38.7 Å². The number of carbonyl (C=O) groups excluding carboxylic acids is 1. The highest BCUT2D eigenvalue weighted by atomic mass is 32.1. The minimum atomic E-state index is -0.419. The number of nitrogens with zero attached hydrogens (tertiary/aromatic N) is 2. The van der Waals surface area contributed by atoms with Gasteiger partial charge in [-0.1, -0.05) is 26.0 Å². The number of amides is 1. The normalized spacial score (nSPS) is 19.7. The molecule has 2 aliphatic rings. The summed E-state index contributed by atoms with van der Waals surface area (Å²) in [6, 6.07) is 13.9. The van der Waals surface area contributed by atoms with E-state index in [2.05, 4.69) is 29.4 Å². The molecule has 1 spiro atoms. The van der Waals surface area contributed by atoms with Gasteiger partial charge in [0.25, 0.3) is 0 Å². The number of ether oxygens (including phenoxy) is 1. The number of anilines is 1. The fraction of sp³-hybridized carbons (Fsp3) is 0.462. The first-order valence-corrected chi connectivity index (χ1v) is 12.2. The van der Waals surface area contributed by atoms with Crippen LogP contribution in [-0.4, -0.2) is 52.7 Å². The van der Waals surface area contributed by atoms with Gasteiger partial charge in [-0.15, -0.1) is 0 Å². The van der Waals surface area contributed by atoms with E-state index in [-0.39, 0.29) is 17.8 Å². The first kappa shape index (κ1) is 24.4. The second kappa shape index (κ2) is 10.3. The Morgan fingerprint density at radius 1 is 1.18 bits per heavy atom. The topological polar surface area (TPSA) is 56.8 Å². The molecule has 0 radical (unpaired) electrons. The molecule has 8 heteroatoms. The quantitative estimate of drug-likeness (QED) is 0.594. The molecule has 2 fully saturated rings. The summed E-state index contributed by atoms with van der Waals surface area (Å²) in [7, 11) is 1.64. The molecule has 0 aromatic heterocycles. The molecule has 2 heterocycles. The zero-order valence-corrected chi connectivity index (χ0v) is 20.8. The Morgan fingerprint density at radius 2 is 1.82 bits per heavy atom. The van der Waals surface area contributed by atoms with Crippen molar-refractivity contribution in [3.05, 3.63) is 59.9 Å². The molecular weight excluding hydrogens is 451 g/mol. The van der Waals surface area contributed by atoms with E-state index in [9.17, 15) is 9.18 Å². The van der Waals surface area contributed by atoms with E-state index in [1.165, 1.54) is 12.1 Å². The van der Waals surface area contributed by atoms with Gasteiger partial charge in [-0.3, -0.25) is 10.1 Å². The maximum atomic E-state index is 13.4. The molecule has 4 rings (SSSR count). The van der Waals surface area contributed by atoms with Crippen LogP contribution in [0.25, 0.3) is 0 Å². The van der Waals surface area contributed by atoms with Crippen molar-refractivity contribution in [2.45, 2.75) is 51.4 Å². The van der Waals surface area contributed by atoms with Gasteiger partial charge in [0.05, 0.1) is 18.8 Å². The van der Waals surface area contributed by atoms with Gasteiger partial charge in [0.2, 0.25) is 5.91 Å². The Hall–Kier alpha value is -2.71. The number of nitrogens with one attached hydrogen (secondary N) is 2. The number of likely N-dealkylation sites (tertiary alicyclic amines) is 1. The molecule has 0 bridgehead atoms. The molecule has 0 saturated carbocycles. The number of benzene rings is 2. The number of methoxy groups -OCH3 is 1. The summed E-state index contributed by atoms with van der Waals surface area (Å²) >= 11 is 5.68. The molecule has 1 unspecified atom stereocenters. The third-order valence-corrected chi connectivity index (χ3v) is 7.06. The van der Waals surface area contributed by atoms with E-state index in [0.29, 0.717) is 17.6 Å². The number of halogens is 1. The first-order valence-electron chi connectivity index (χ1n) is 11.8. The summed E-state index contributed by atoms with van der Waals surface area (Å²) in [5.74, 6) is 1.06. The fourth-order valence-electron chi connectivity index (χ4n) is 4.87. The summed E-state index contributed by atoms with van der Waals surface area (Å²) in [5, 5.41) is 7.67. The average molecular weight is 485 g/mol. The molecule has 0 aliphatic carbocycles. The number of hydrogen-bond acceptors (Lipinski definition) is 4. The summed E-state index contributed by atoms with van der Waals surface area (Å²) in [4.78, 5) is 17.6. The van der Waals surface area contributed by atoms with E-state index < -0.39 is 5.66 Å². The largest absolute Gasteiger partial charge is 0.497 e. The minimum Gasteiger partial charge on any atom is -0.497 e. The van der Waals surface area contributed by atoms with E-state index >= 15 is 0 Å². The number of hydrogen-bond donors (Lipinski definition) is 2. The summed E-state index contributed by atoms with van der Waals surface area (Å²) in [5.41, 5.74) is 1.42. The van der Waals surface area contributed by atoms with Crippen LogP contribution in [-0.2, 0) is 11.3 Å². The van der Waals surface area contributed by atoms with Gasteiger partial charge < -0.3 is 19.9 Å². The molecule has 182 valence electrons. The molecule has 2 N–H and O–H groups in total. The van der Waals surface area contributed by atoms with Crippen molar-refractivity contribution in [1.29, 1.82) is 0 Å². The third kappa shape index (κ3) is 5.33. The van der Waals surface area contributed by atoms with Crippen molar-refractivity contribution in [2.24, 2.45) is 5.92 Å². The molecule has 2 saturated heterocycles. The Morgan fingerprint density at radius 3 is 2.41 bits per heavy atom. The van der Waals surface area contributed by atoms with Crippen LogP contribution in [0.15, 0.2) is 48.5 Å². The van der Waals surface area contributed by atoms with Gasteiger partial charge >= 0.3 is 0 Å². The highest BCUT2D eigenvalue weighted by Gasteiger charge is 2.51. The van der Waals surface area contributed by atoms with Crippen molar-refractivity contribution in [3.63, 3.8) is 0 Å². The molecule has 2 aromatic rings. The van der Waals surface area contributed by atoms with Gasteiger partial charge in [0.15, 0.2) is 5.11 Å².